The molecule has 1 aliphatic heterocycles. The second kappa shape index (κ2) is 30.3. The number of ether oxygens (including phenoxy) is 1. The third-order valence-electron chi connectivity index (χ3n) is 12.2. The molecule has 11 N–H and O–H groups in total. The standard InChI is InChI=1S/C43H68N11O20P3S/c1-43(2,25-70-77(67,68)74-76(65,66)69-24-30-37(72-75(62,63)64)36(57)42(71-30)53-27-50-35-39(44)48-26-49-40(35)53)38(58)41(59)47-21-19-31(55)46-22-23-78-32(56)16-14-12-10-8-6-4-3-5-7-9-11-13-15-20-45-28-17-18-29(54(60)61)34-33(28)51-73-52-34/h17-18,26-27,30,36-38,42,45,57-58H,3-16,19-25H2,1-2H3,(H,46,55)(H,47,59)(H,65,66)(H,67,68)(H2,44,48,49)(H2,62,63,64)/t30-,36-,37-,38+,42-/m1/s1. The number of non-ortho nitro benzene ring substituents is 1. The quantitative estimate of drug-likeness (QED) is 0.0127. The van der Waals surface area contributed by atoms with Crippen molar-refractivity contribution >= 4 is 91.5 Å². The maximum Gasteiger partial charge on any atom is 0.481 e. The Morgan fingerprint density at radius 3 is 2.13 bits per heavy atom. The van der Waals surface area contributed by atoms with Gasteiger partial charge in [0.15, 0.2) is 28.3 Å². The number of nitro groups is 1. The number of hydrogen-bond donors (Lipinski definition) is 10. The smallest absolute Gasteiger partial charge is 0.386 e. The topological polar surface area (TPSA) is 458 Å². The lowest BCUT2D eigenvalue weighted by atomic mass is 9.87. The third-order valence-corrected chi connectivity index (χ3v) is 16.3. The Morgan fingerprint density at radius 2 is 1.47 bits per heavy atom. The van der Waals surface area contributed by atoms with Gasteiger partial charge in [-0.3, -0.25) is 42.6 Å². The molecule has 2 unspecified atom stereocenters. The maximum atomic E-state index is 12.8. The van der Waals surface area contributed by atoms with Crippen LogP contribution in [0.15, 0.2) is 29.4 Å². The molecule has 436 valence electrons. The maximum absolute atomic E-state index is 12.8. The number of unbranched alkanes of at least 4 members (excludes halogenated alkanes) is 12. The number of imidazole rings is 1. The molecule has 1 aliphatic rings. The lowest BCUT2D eigenvalue weighted by molar-refractivity contribution is -0.383. The number of nitrogen functional groups attached to an aromatic ring is 1. The molecule has 1 aromatic carbocycles. The second-order valence-electron chi connectivity index (χ2n) is 18.9. The van der Waals surface area contributed by atoms with Gasteiger partial charge in [-0.2, -0.15) is 4.31 Å². The van der Waals surface area contributed by atoms with Crippen LogP contribution in [0.2, 0.25) is 0 Å². The molecular weight excluding hydrogens is 1120 g/mol. The summed E-state index contributed by atoms with van der Waals surface area (Å²) < 4.78 is 67.2. The lowest BCUT2D eigenvalue weighted by Crippen LogP contribution is -2.46. The summed E-state index contributed by atoms with van der Waals surface area (Å²) in [5.41, 5.74) is 5.27. The summed E-state index contributed by atoms with van der Waals surface area (Å²) >= 11 is 1.13. The summed E-state index contributed by atoms with van der Waals surface area (Å²) in [6, 6.07) is 3.02. The van der Waals surface area contributed by atoms with Gasteiger partial charge in [-0.05, 0) is 29.2 Å². The molecule has 0 radical (unpaired) electrons. The van der Waals surface area contributed by atoms with Gasteiger partial charge in [0.05, 0.1) is 30.2 Å². The number of benzene rings is 1. The molecule has 0 spiro atoms. The fourth-order valence-electron chi connectivity index (χ4n) is 8.07. The van der Waals surface area contributed by atoms with Gasteiger partial charge in [0.1, 0.15) is 36.3 Å². The average molecular weight is 1180 g/mol. The van der Waals surface area contributed by atoms with E-state index in [0.29, 0.717) is 23.4 Å². The number of amides is 2. The third kappa shape index (κ3) is 20.5. The molecule has 78 heavy (non-hydrogen) atoms. The van der Waals surface area contributed by atoms with E-state index in [1.807, 2.05) is 0 Å². The van der Waals surface area contributed by atoms with Gasteiger partial charge in [-0.15, -0.1) is 0 Å². The number of nitrogens with one attached hydrogen (secondary N) is 3. The highest BCUT2D eigenvalue weighted by molar-refractivity contribution is 8.13. The van der Waals surface area contributed by atoms with Gasteiger partial charge in [0.2, 0.25) is 17.3 Å². The zero-order valence-electron chi connectivity index (χ0n) is 42.9. The van der Waals surface area contributed by atoms with E-state index >= 15 is 0 Å². The number of rotatable bonds is 37. The number of nitrogens with two attached hydrogens (primary N) is 1. The van der Waals surface area contributed by atoms with Crippen molar-refractivity contribution in [3.63, 3.8) is 0 Å². The van der Waals surface area contributed by atoms with Crippen molar-refractivity contribution < 1.29 is 90.0 Å². The Labute approximate surface area is 451 Å². The first kappa shape index (κ1) is 64.2. The van der Waals surface area contributed by atoms with Crippen molar-refractivity contribution in [3.8, 4) is 0 Å². The van der Waals surface area contributed by atoms with Gasteiger partial charge in [0, 0.05) is 49.7 Å². The number of nitrogens with zero attached hydrogens (tertiary/aromatic N) is 7. The van der Waals surface area contributed by atoms with Crippen molar-refractivity contribution in [2.24, 2.45) is 5.41 Å². The van der Waals surface area contributed by atoms with Crippen LogP contribution in [0.3, 0.4) is 0 Å². The van der Waals surface area contributed by atoms with Crippen molar-refractivity contribution in [1.82, 2.24) is 40.5 Å². The van der Waals surface area contributed by atoms with E-state index in [0.717, 1.165) is 86.9 Å². The Balaban J connectivity index is 0.849. The first-order valence-corrected chi connectivity index (χ1v) is 30.6. The Kier molecular flexibility index (Phi) is 24.9. The highest BCUT2D eigenvalue weighted by Crippen LogP contribution is 2.61. The SMILES string of the molecule is CC(C)(COP(=O)(O)OP(=O)(O)OC[C@H]1O[C@@H](n2cnc3c(N)ncnc32)[C@H](O)[C@@H]1OP(=O)(O)O)[C@@H](O)C(=O)NCCC(=O)NCCSC(=O)CCCCCCCCCCCCCCCNc1ccc([N+](=O)[O-])c2nonc12. The number of thioether (sulfide) groups is 1. The summed E-state index contributed by atoms with van der Waals surface area (Å²) in [6.07, 6.45) is 7.72. The Hall–Kier alpha value is -4.62. The second-order valence-corrected chi connectivity index (χ2v) is 24.3. The van der Waals surface area contributed by atoms with E-state index in [9.17, 15) is 68.0 Å². The zero-order chi connectivity index (χ0) is 57.1. The van der Waals surface area contributed by atoms with Gasteiger partial charge in [0.25, 0.3) is 0 Å². The van der Waals surface area contributed by atoms with Crippen LogP contribution in [0.4, 0.5) is 17.2 Å². The number of anilines is 2. The van der Waals surface area contributed by atoms with E-state index < -0.39 is 89.5 Å². The number of aromatic nitrogens is 6. The van der Waals surface area contributed by atoms with Crippen LogP contribution in [0.25, 0.3) is 22.2 Å². The summed E-state index contributed by atoms with van der Waals surface area (Å²) in [7, 11) is -16.5. The first-order valence-electron chi connectivity index (χ1n) is 25.1. The molecule has 31 nitrogen and oxygen atoms in total. The molecule has 2 amide bonds. The minimum absolute atomic E-state index is 0.0256. The normalized spacial score (nSPS) is 18.9. The molecule has 1 fully saturated rings. The molecule has 1 saturated heterocycles. The molecule has 35 heteroatoms. The van der Waals surface area contributed by atoms with Crippen molar-refractivity contribution in [3.05, 3.63) is 34.9 Å². The van der Waals surface area contributed by atoms with Crippen LogP contribution in [0.1, 0.15) is 116 Å². The molecule has 0 bridgehead atoms. The summed E-state index contributed by atoms with van der Waals surface area (Å²) in [5, 5.41) is 48.5. The van der Waals surface area contributed by atoms with E-state index in [1.165, 1.54) is 52.0 Å². The number of phosphoric ester groups is 3. The van der Waals surface area contributed by atoms with Crippen LogP contribution in [-0.2, 0) is 50.7 Å². The fourth-order valence-corrected chi connectivity index (χ4v) is 11.6. The van der Waals surface area contributed by atoms with Crippen molar-refractivity contribution in [1.29, 1.82) is 0 Å². The fraction of sp³-hybridized carbons (Fsp3) is 0.674. The minimum Gasteiger partial charge on any atom is -0.386 e. The molecule has 4 aromatic rings. The molecule has 5 rings (SSSR count). The monoisotopic (exact) mass is 1180 g/mol. The number of phosphoric acid groups is 3. The summed E-state index contributed by atoms with van der Waals surface area (Å²) in [5.74, 6) is -1.10. The van der Waals surface area contributed by atoms with Crippen molar-refractivity contribution in [2.75, 3.05) is 49.7 Å². The number of carbonyl (C=O) groups is 3. The Bertz CT molecular complexity index is 2770. The predicted molar refractivity (Wildman–Crippen MR) is 279 cm³/mol. The van der Waals surface area contributed by atoms with Gasteiger partial charge in [-0.1, -0.05) is 96.2 Å². The average Bonchev–Trinajstić information content (AvgIpc) is 4.16. The van der Waals surface area contributed by atoms with Gasteiger partial charge < -0.3 is 56.2 Å². The van der Waals surface area contributed by atoms with E-state index in [1.54, 1.807) is 6.07 Å². The molecule has 3 aromatic heterocycles. The lowest BCUT2D eigenvalue weighted by Gasteiger charge is -2.30. The number of aliphatic hydroxyl groups is 2. The van der Waals surface area contributed by atoms with Gasteiger partial charge >= 0.3 is 29.2 Å². The highest BCUT2D eigenvalue weighted by Gasteiger charge is 2.50. The van der Waals surface area contributed by atoms with Crippen LogP contribution >= 0.6 is 35.2 Å². The largest absolute Gasteiger partial charge is 0.481 e. The molecule has 7 atom stereocenters. The predicted octanol–water partition coefficient (Wildman–Crippen LogP) is 4.68. The first-order chi connectivity index (χ1) is 36.9. The molecule has 0 saturated carbocycles. The number of carbonyl (C=O) groups excluding carboxylic acids is 3. The molecule has 4 heterocycles. The number of aliphatic hydroxyl groups excluding tert-OH is 2. The number of hydrogen-bond acceptors (Lipinski definition) is 24. The van der Waals surface area contributed by atoms with Crippen LogP contribution < -0.4 is 21.7 Å². The highest BCUT2D eigenvalue weighted by atomic mass is 32.2. The molecule has 0 aliphatic carbocycles. The van der Waals surface area contributed by atoms with Gasteiger partial charge in [-0.25, -0.2) is 33.3 Å². The zero-order valence-corrected chi connectivity index (χ0v) is 46.4. The number of nitro benzene ring substituents is 1. The summed E-state index contributed by atoms with van der Waals surface area (Å²) in [6.45, 7) is 1.20. The van der Waals surface area contributed by atoms with Crippen LogP contribution in [0.5, 0.6) is 0 Å². The minimum atomic E-state index is -5.59. The Morgan fingerprint density at radius 1 is 0.846 bits per heavy atom. The van der Waals surface area contributed by atoms with Crippen LogP contribution in [-0.4, -0.2) is 144 Å². The molecular formula is C43H68N11O20P3S. The van der Waals surface area contributed by atoms with E-state index in [2.05, 4.69) is 50.1 Å². The van der Waals surface area contributed by atoms with E-state index in [-0.39, 0.29) is 52.8 Å². The number of fused-ring (bicyclic) bond motifs is 2. The van der Waals surface area contributed by atoms with Crippen LogP contribution in [0, 0.1) is 15.5 Å². The summed E-state index contributed by atoms with van der Waals surface area (Å²) in [4.78, 5) is 99.3. The van der Waals surface area contributed by atoms with E-state index in [4.69, 9.17) is 24.1 Å². The van der Waals surface area contributed by atoms with Crippen molar-refractivity contribution in [2.45, 2.75) is 141 Å².